The van der Waals surface area contributed by atoms with Gasteiger partial charge in [0, 0.05) is 26.6 Å². The number of methoxy groups -OCH3 is 2. The fraction of sp³-hybridized carbons (Fsp3) is 0.375. The molecule has 8 nitrogen and oxygen atoms in total. The third kappa shape index (κ3) is 6.03. The van der Waals surface area contributed by atoms with Crippen LogP contribution in [0.4, 0.5) is 18.9 Å². The first-order chi connectivity index (χ1) is 16.6. The molecule has 0 aromatic heterocycles. The van der Waals surface area contributed by atoms with E-state index in [1.54, 1.807) is 18.1 Å². The summed E-state index contributed by atoms with van der Waals surface area (Å²) >= 11 is 0. The number of hydrogen-bond donors (Lipinski definition) is 1. The van der Waals surface area contributed by atoms with Gasteiger partial charge in [-0.25, -0.2) is 13.2 Å². The Kier molecular flexibility index (Phi) is 8.21. The molecule has 2 aromatic carbocycles. The molecule has 0 spiro atoms. The lowest BCUT2D eigenvalue weighted by atomic mass is 10.1. The monoisotopic (exact) mass is 493 g/mol. The van der Waals surface area contributed by atoms with Gasteiger partial charge in [0.1, 0.15) is 0 Å². The van der Waals surface area contributed by atoms with Crippen molar-refractivity contribution < 1.29 is 37.0 Å². The van der Waals surface area contributed by atoms with Crippen LogP contribution in [-0.2, 0) is 20.8 Å². The maximum absolute atomic E-state index is 13.8. The number of amides is 3. The topological polar surface area (TPSA) is 88.2 Å². The summed E-state index contributed by atoms with van der Waals surface area (Å²) in [7, 11) is 4.45. The van der Waals surface area contributed by atoms with Gasteiger partial charge in [-0.2, -0.15) is 0 Å². The summed E-state index contributed by atoms with van der Waals surface area (Å²) in [5, 5.41) is 2.12. The number of anilines is 1. The molecule has 1 heterocycles. The quantitative estimate of drug-likeness (QED) is 0.543. The zero-order chi connectivity index (χ0) is 25.7. The lowest BCUT2D eigenvalue weighted by molar-refractivity contribution is -0.137. The van der Waals surface area contributed by atoms with E-state index in [1.165, 1.54) is 14.2 Å². The molecule has 1 aliphatic rings. The highest BCUT2D eigenvalue weighted by Gasteiger charge is 2.36. The number of benzene rings is 2. The van der Waals surface area contributed by atoms with Crippen LogP contribution in [0.2, 0.25) is 0 Å². The van der Waals surface area contributed by atoms with Gasteiger partial charge >= 0.3 is 0 Å². The van der Waals surface area contributed by atoms with Gasteiger partial charge in [-0.3, -0.25) is 14.4 Å². The third-order valence-corrected chi connectivity index (χ3v) is 5.75. The second-order valence-electron chi connectivity index (χ2n) is 8.15. The number of ether oxygens (including phenoxy) is 2. The van der Waals surface area contributed by atoms with Gasteiger partial charge in [-0.05, 0) is 36.2 Å². The molecule has 0 aliphatic carbocycles. The Morgan fingerprint density at radius 2 is 1.80 bits per heavy atom. The van der Waals surface area contributed by atoms with Crippen molar-refractivity contribution >= 4 is 23.4 Å². The van der Waals surface area contributed by atoms with Crippen molar-refractivity contribution in [3.8, 4) is 11.5 Å². The first-order valence-electron chi connectivity index (χ1n) is 10.8. The van der Waals surface area contributed by atoms with Crippen LogP contribution in [-0.4, -0.2) is 68.4 Å². The number of rotatable bonds is 9. The molecule has 11 heteroatoms. The van der Waals surface area contributed by atoms with Crippen LogP contribution in [0.1, 0.15) is 12.0 Å². The Morgan fingerprint density at radius 1 is 1.09 bits per heavy atom. The van der Waals surface area contributed by atoms with E-state index < -0.39 is 47.4 Å². The van der Waals surface area contributed by atoms with E-state index in [4.69, 9.17) is 9.47 Å². The second-order valence-corrected chi connectivity index (χ2v) is 8.15. The summed E-state index contributed by atoms with van der Waals surface area (Å²) in [6.07, 6.45) is 0.555. The molecule has 1 fully saturated rings. The fourth-order valence-corrected chi connectivity index (χ4v) is 3.87. The molecule has 3 rings (SSSR count). The zero-order valence-electron chi connectivity index (χ0n) is 19.6. The predicted octanol–water partition coefficient (Wildman–Crippen LogP) is 2.61. The SMILES string of the molecule is COc1ccc(CCN2CC(C(=O)N(C)CC(=O)Nc3ccc(F)c(F)c3F)CC2=O)cc1OC. The zero-order valence-corrected chi connectivity index (χ0v) is 19.6. The smallest absolute Gasteiger partial charge is 0.244 e. The van der Waals surface area contributed by atoms with E-state index in [2.05, 4.69) is 5.32 Å². The summed E-state index contributed by atoms with van der Waals surface area (Å²) in [6, 6.07) is 7.04. The summed E-state index contributed by atoms with van der Waals surface area (Å²) in [5.74, 6) is -5.46. The van der Waals surface area contributed by atoms with Gasteiger partial charge in [0.25, 0.3) is 0 Å². The van der Waals surface area contributed by atoms with Crippen LogP contribution in [0, 0.1) is 23.4 Å². The number of likely N-dealkylation sites (N-methyl/N-ethyl adjacent to an activating group) is 1. The molecule has 188 valence electrons. The van der Waals surface area contributed by atoms with Crippen molar-refractivity contribution in [2.24, 2.45) is 5.92 Å². The van der Waals surface area contributed by atoms with Gasteiger partial charge in [0.15, 0.2) is 29.0 Å². The Balaban J connectivity index is 1.53. The standard InChI is InChI=1S/C24H26F3N3O5/c1-29(13-20(31)28-17-6-5-16(25)22(26)23(17)27)24(33)15-11-21(32)30(12-15)9-8-14-4-7-18(34-2)19(10-14)35-3/h4-7,10,15H,8-9,11-13H2,1-3H3,(H,28,31). The molecule has 2 aromatic rings. The van der Waals surface area contributed by atoms with E-state index in [1.807, 2.05) is 12.1 Å². The van der Waals surface area contributed by atoms with Crippen LogP contribution in [0.15, 0.2) is 30.3 Å². The molecule has 0 saturated carbocycles. The number of carbonyl (C=O) groups is 3. The van der Waals surface area contributed by atoms with E-state index in [0.717, 1.165) is 16.5 Å². The highest BCUT2D eigenvalue weighted by atomic mass is 19.2. The molecular formula is C24H26F3N3O5. The Hall–Kier alpha value is -3.76. The number of nitrogens with zero attached hydrogens (tertiary/aromatic N) is 2. The normalized spacial score (nSPS) is 15.2. The minimum atomic E-state index is -1.70. The van der Waals surface area contributed by atoms with Crippen LogP contribution >= 0.6 is 0 Å². The molecule has 0 radical (unpaired) electrons. The second kappa shape index (κ2) is 11.1. The highest BCUT2D eigenvalue weighted by molar-refractivity contribution is 5.96. The minimum Gasteiger partial charge on any atom is -0.493 e. The largest absolute Gasteiger partial charge is 0.493 e. The van der Waals surface area contributed by atoms with E-state index in [0.29, 0.717) is 30.5 Å². The van der Waals surface area contributed by atoms with Crippen molar-refractivity contribution in [2.45, 2.75) is 12.8 Å². The van der Waals surface area contributed by atoms with E-state index in [-0.39, 0.29) is 18.9 Å². The first-order valence-corrected chi connectivity index (χ1v) is 10.8. The average Bonchev–Trinajstić information content (AvgIpc) is 3.22. The van der Waals surface area contributed by atoms with Crippen molar-refractivity contribution in [2.75, 3.05) is 46.2 Å². The Morgan fingerprint density at radius 3 is 2.49 bits per heavy atom. The minimum absolute atomic E-state index is 0.00846. The molecule has 1 aliphatic heterocycles. The molecule has 35 heavy (non-hydrogen) atoms. The highest BCUT2D eigenvalue weighted by Crippen LogP contribution is 2.28. The number of likely N-dealkylation sites (tertiary alicyclic amines) is 1. The number of hydrogen-bond acceptors (Lipinski definition) is 5. The maximum atomic E-state index is 13.8. The van der Waals surface area contributed by atoms with Crippen LogP contribution in [0.25, 0.3) is 0 Å². The van der Waals surface area contributed by atoms with Gasteiger partial charge in [-0.1, -0.05) is 6.07 Å². The Labute approximate surface area is 200 Å². The molecule has 0 bridgehead atoms. The third-order valence-electron chi connectivity index (χ3n) is 5.75. The summed E-state index contributed by atoms with van der Waals surface area (Å²) in [4.78, 5) is 40.1. The number of nitrogens with one attached hydrogen (secondary N) is 1. The maximum Gasteiger partial charge on any atom is 0.244 e. The van der Waals surface area contributed by atoms with Crippen LogP contribution < -0.4 is 14.8 Å². The summed E-state index contributed by atoms with van der Waals surface area (Å²) in [5.41, 5.74) is 0.399. The predicted molar refractivity (Wildman–Crippen MR) is 121 cm³/mol. The van der Waals surface area contributed by atoms with Crippen molar-refractivity contribution in [1.82, 2.24) is 9.80 Å². The molecule has 1 N–H and O–H groups in total. The fourth-order valence-electron chi connectivity index (χ4n) is 3.87. The summed E-state index contributed by atoms with van der Waals surface area (Å²) < 4.78 is 50.6. The first kappa shape index (κ1) is 25.9. The lowest BCUT2D eigenvalue weighted by Crippen LogP contribution is -2.39. The number of carbonyl (C=O) groups excluding carboxylic acids is 3. The molecule has 1 unspecified atom stereocenters. The molecule has 1 saturated heterocycles. The molecule has 1 atom stereocenters. The number of halogens is 3. The lowest BCUT2D eigenvalue weighted by Gasteiger charge is -2.21. The average molecular weight is 493 g/mol. The van der Waals surface area contributed by atoms with Crippen LogP contribution in [0.3, 0.4) is 0 Å². The Bertz CT molecular complexity index is 1130. The van der Waals surface area contributed by atoms with E-state index >= 15 is 0 Å². The molecular weight excluding hydrogens is 467 g/mol. The van der Waals surface area contributed by atoms with Crippen molar-refractivity contribution in [3.63, 3.8) is 0 Å². The van der Waals surface area contributed by atoms with E-state index in [9.17, 15) is 27.6 Å². The summed E-state index contributed by atoms with van der Waals surface area (Å²) in [6.45, 7) is 0.153. The molecule has 3 amide bonds. The van der Waals surface area contributed by atoms with Gasteiger partial charge in [0.2, 0.25) is 17.7 Å². The van der Waals surface area contributed by atoms with Gasteiger partial charge in [0.05, 0.1) is 32.4 Å². The van der Waals surface area contributed by atoms with Gasteiger partial charge in [-0.15, -0.1) is 0 Å². The van der Waals surface area contributed by atoms with Crippen molar-refractivity contribution in [3.05, 3.63) is 53.3 Å². The van der Waals surface area contributed by atoms with Crippen molar-refractivity contribution in [1.29, 1.82) is 0 Å². The van der Waals surface area contributed by atoms with Crippen LogP contribution in [0.5, 0.6) is 11.5 Å². The van der Waals surface area contributed by atoms with Gasteiger partial charge < -0.3 is 24.6 Å².